The molecule has 3 nitrogen and oxygen atoms in total. The van der Waals surface area contributed by atoms with Gasteiger partial charge < -0.3 is 9.84 Å². The Hall–Kier alpha value is -2.29. The molecule has 0 saturated heterocycles. The zero-order valence-electron chi connectivity index (χ0n) is 13.5. The fraction of sp³-hybridized carbons (Fsp3) is 0.316. The summed E-state index contributed by atoms with van der Waals surface area (Å²) in [5, 5.41) is 9.89. The van der Waals surface area contributed by atoms with Crippen LogP contribution < -0.4 is 0 Å². The summed E-state index contributed by atoms with van der Waals surface area (Å²) in [7, 11) is 0. The third-order valence-electron chi connectivity index (χ3n) is 3.65. The molecule has 22 heavy (non-hydrogen) atoms. The number of para-hydroxylation sites is 1. The van der Waals surface area contributed by atoms with Gasteiger partial charge >= 0.3 is 5.97 Å². The smallest absolute Gasteiger partial charge is 0.342 e. The molecule has 0 aromatic heterocycles. The predicted octanol–water partition coefficient (Wildman–Crippen LogP) is 4.36. The predicted molar refractivity (Wildman–Crippen MR) is 87.1 cm³/mol. The van der Waals surface area contributed by atoms with Crippen LogP contribution in [-0.2, 0) is 16.8 Å². The van der Waals surface area contributed by atoms with E-state index < -0.39 is 5.97 Å². The standard InChI is InChI=1S/C19H22O3/c1-13-6-5-7-16(17(13)20)18(21)22-12-14-8-10-15(11-9-14)19(2,3)4/h5-11,20H,12H2,1-4H3. The van der Waals surface area contributed by atoms with Gasteiger partial charge in [-0.25, -0.2) is 4.79 Å². The summed E-state index contributed by atoms with van der Waals surface area (Å²) >= 11 is 0. The molecule has 0 amide bonds. The van der Waals surface area contributed by atoms with Gasteiger partial charge in [0.05, 0.1) is 0 Å². The van der Waals surface area contributed by atoms with Crippen LogP contribution in [0, 0.1) is 6.92 Å². The fourth-order valence-corrected chi connectivity index (χ4v) is 2.15. The van der Waals surface area contributed by atoms with E-state index in [4.69, 9.17) is 4.74 Å². The number of benzene rings is 2. The molecule has 0 fully saturated rings. The van der Waals surface area contributed by atoms with E-state index in [0.717, 1.165) is 5.56 Å². The van der Waals surface area contributed by atoms with E-state index >= 15 is 0 Å². The number of rotatable bonds is 3. The Bertz CT molecular complexity index is 664. The average Bonchev–Trinajstić information content (AvgIpc) is 2.47. The van der Waals surface area contributed by atoms with Crippen LogP contribution in [0.5, 0.6) is 5.75 Å². The number of esters is 1. The summed E-state index contributed by atoms with van der Waals surface area (Å²) in [4.78, 5) is 12.0. The molecule has 2 aromatic rings. The van der Waals surface area contributed by atoms with Gasteiger partial charge in [-0.15, -0.1) is 0 Å². The van der Waals surface area contributed by atoms with E-state index in [1.54, 1.807) is 25.1 Å². The molecule has 0 aliphatic heterocycles. The number of aryl methyl sites for hydroxylation is 1. The number of ether oxygens (including phenoxy) is 1. The molecule has 0 spiro atoms. The minimum Gasteiger partial charge on any atom is -0.507 e. The first kappa shape index (κ1) is 16.1. The molecule has 1 N–H and O–H groups in total. The van der Waals surface area contributed by atoms with Crippen molar-refractivity contribution in [2.45, 2.75) is 39.7 Å². The van der Waals surface area contributed by atoms with Gasteiger partial charge in [0.1, 0.15) is 17.9 Å². The highest BCUT2D eigenvalue weighted by atomic mass is 16.5. The van der Waals surface area contributed by atoms with Crippen molar-refractivity contribution in [2.24, 2.45) is 0 Å². The van der Waals surface area contributed by atoms with Crippen molar-refractivity contribution < 1.29 is 14.6 Å². The van der Waals surface area contributed by atoms with Crippen molar-refractivity contribution in [3.05, 3.63) is 64.7 Å². The van der Waals surface area contributed by atoms with Crippen LogP contribution in [0.1, 0.15) is 47.8 Å². The van der Waals surface area contributed by atoms with Crippen LogP contribution in [0.2, 0.25) is 0 Å². The summed E-state index contributed by atoms with van der Waals surface area (Å²) < 4.78 is 5.28. The van der Waals surface area contributed by atoms with Crippen molar-refractivity contribution in [2.75, 3.05) is 0 Å². The zero-order chi connectivity index (χ0) is 16.3. The molecular weight excluding hydrogens is 276 g/mol. The van der Waals surface area contributed by atoms with Crippen molar-refractivity contribution in [1.82, 2.24) is 0 Å². The maximum absolute atomic E-state index is 12.0. The Morgan fingerprint density at radius 3 is 2.32 bits per heavy atom. The van der Waals surface area contributed by atoms with Crippen molar-refractivity contribution in [3.8, 4) is 5.75 Å². The quantitative estimate of drug-likeness (QED) is 0.857. The monoisotopic (exact) mass is 298 g/mol. The van der Waals surface area contributed by atoms with Crippen molar-refractivity contribution >= 4 is 5.97 Å². The minimum atomic E-state index is -0.513. The van der Waals surface area contributed by atoms with Crippen LogP contribution in [0.3, 0.4) is 0 Å². The molecule has 0 saturated carbocycles. The zero-order valence-corrected chi connectivity index (χ0v) is 13.5. The number of carbonyl (C=O) groups is 1. The Labute approximate surface area is 131 Å². The van der Waals surface area contributed by atoms with Crippen LogP contribution in [0.15, 0.2) is 42.5 Å². The second-order valence-corrected chi connectivity index (χ2v) is 6.49. The molecule has 0 aliphatic rings. The topological polar surface area (TPSA) is 46.5 Å². The number of hydrogen-bond donors (Lipinski definition) is 1. The first-order valence-electron chi connectivity index (χ1n) is 7.34. The van der Waals surface area contributed by atoms with Gasteiger partial charge in [-0.2, -0.15) is 0 Å². The summed E-state index contributed by atoms with van der Waals surface area (Å²) in [6.07, 6.45) is 0. The largest absolute Gasteiger partial charge is 0.507 e. The lowest BCUT2D eigenvalue weighted by atomic mass is 9.87. The lowest BCUT2D eigenvalue weighted by Gasteiger charge is -2.19. The van der Waals surface area contributed by atoms with Crippen LogP contribution in [0.4, 0.5) is 0 Å². The van der Waals surface area contributed by atoms with Gasteiger partial charge in [0.15, 0.2) is 0 Å². The van der Waals surface area contributed by atoms with Crippen LogP contribution in [-0.4, -0.2) is 11.1 Å². The number of hydrogen-bond acceptors (Lipinski definition) is 3. The SMILES string of the molecule is Cc1cccc(C(=O)OCc2ccc(C(C)(C)C)cc2)c1O. The molecule has 0 radical (unpaired) electrons. The normalized spacial score (nSPS) is 11.3. The lowest BCUT2D eigenvalue weighted by Crippen LogP contribution is -2.11. The Morgan fingerprint density at radius 2 is 1.73 bits per heavy atom. The fourth-order valence-electron chi connectivity index (χ4n) is 2.15. The molecule has 2 rings (SSSR count). The van der Waals surface area contributed by atoms with E-state index in [9.17, 15) is 9.90 Å². The number of aromatic hydroxyl groups is 1. The van der Waals surface area contributed by atoms with E-state index in [-0.39, 0.29) is 23.3 Å². The van der Waals surface area contributed by atoms with Gasteiger partial charge in [0.2, 0.25) is 0 Å². The maximum atomic E-state index is 12.0. The third kappa shape index (κ3) is 3.67. The van der Waals surface area contributed by atoms with Gasteiger partial charge in [-0.05, 0) is 35.1 Å². The first-order chi connectivity index (χ1) is 10.3. The Morgan fingerprint density at radius 1 is 1.09 bits per heavy atom. The summed E-state index contributed by atoms with van der Waals surface area (Å²) in [6, 6.07) is 13.1. The van der Waals surface area contributed by atoms with Gasteiger partial charge in [-0.1, -0.05) is 57.2 Å². The molecule has 0 unspecified atom stereocenters. The van der Waals surface area contributed by atoms with Gasteiger partial charge in [-0.3, -0.25) is 0 Å². The second-order valence-electron chi connectivity index (χ2n) is 6.49. The number of phenolic OH excluding ortho intramolecular Hbond substituents is 1. The molecule has 3 heteroatoms. The Balaban J connectivity index is 2.04. The number of carbonyl (C=O) groups excluding carboxylic acids is 1. The highest BCUT2D eigenvalue weighted by Crippen LogP contribution is 2.24. The van der Waals surface area contributed by atoms with Crippen LogP contribution >= 0.6 is 0 Å². The van der Waals surface area contributed by atoms with Crippen LogP contribution in [0.25, 0.3) is 0 Å². The maximum Gasteiger partial charge on any atom is 0.342 e. The number of phenols is 1. The highest BCUT2D eigenvalue weighted by Gasteiger charge is 2.15. The third-order valence-corrected chi connectivity index (χ3v) is 3.65. The molecular formula is C19H22O3. The highest BCUT2D eigenvalue weighted by molar-refractivity contribution is 5.92. The molecule has 0 bridgehead atoms. The van der Waals surface area contributed by atoms with Crippen molar-refractivity contribution in [3.63, 3.8) is 0 Å². The van der Waals surface area contributed by atoms with E-state index in [0.29, 0.717) is 5.56 Å². The molecule has 0 aliphatic carbocycles. The van der Waals surface area contributed by atoms with Crippen molar-refractivity contribution in [1.29, 1.82) is 0 Å². The van der Waals surface area contributed by atoms with E-state index in [2.05, 4.69) is 20.8 Å². The Kier molecular flexibility index (Phi) is 4.55. The van der Waals surface area contributed by atoms with Gasteiger partial charge in [0.25, 0.3) is 0 Å². The summed E-state index contributed by atoms with van der Waals surface area (Å²) in [5.74, 6) is -0.531. The molecule has 116 valence electrons. The average molecular weight is 298 g/mol. The molecule has 2 aromatic carbocycles. The summed E-state index contributed by atoms with van der Waals surface area (Å²) in [5.41, 5.74) is 3.12. The molecule has 0 heterocycles. The minimum absolute atomic E-state index is 0.0180. The molecule has 0 atom stereocenters. The van der Waals surface area contributed by atoms with E-state index in [1.807, 2.05) is 24.3 Å². The summed E-state index contributed by atoms with van der Waals surface area (Å²) in [6.45, 7) is 8.40. The van der Waals surface area contributed by atoms with E-state index in [1.165, 1.54) is 5.56 Å². The second kappa shape index (κ2) is 6.22. The first-order valence-corrected chi connectivity index (χ1v) is 7.34. The van der Waals surface area contributed by atoms with Gasteiger partial charge in [0, 0.05) is 0 Å². The lowest BCUT2D eigenvalue weighted by molar-refractivity contribution is 0.0469.